The van der Waals surface area contributed by atoms with E-state index in [1.807, 2.05) is 37.2 Å². The number of likely N-dealkylation sites (N-methyl/N-ethyl adjacent to an activating group) is 1. The Kier molecular flexibility index (Phi) is 2.44. The third kappa shape index (κ3) is 1.68. The second-order valence-corrected chi connectivity index (χ2v) is 2.66. The molecule has 0 fully saturated rings. The summed E-state index contributed by atoms with van der Waals surface area (Å²) in [5.74, 6) is 0. The lowest BCUT2D eigenvalue weighted by molar-refractivity contribution is -0.118. The highest BCUT2D eigenvalue weighted by Gasteiger charge is 2.14. The lowest BCUT2D eigenvalue weighted by Crippen LogP contribution is -2.40. The summed E-state index contributed by atoms with van der Waals surface area (Å²) >= 11 is 0. The second kappa shape index (κ2) is 3.34. The average molecular weight is 152 g/mol. The monoisotopic (exact) mass is 152 g/mol. The molecular formula is C8H12N2O. The van der Waals surface area contributed by atoms with Gasteiger partial charge in [-0.15, -0.1) is 0 Å². The van der Waals surface area contributed by atoms with Crippen LogP contribution >= 0.6 is 0 Å². The van der Waals surface area contributed by atoms with Crippen LogP contribution in [0.1, 0.15) is 0 Å². The Bertz CT molecular complexity index is 196. The summed E-state index contributed by atoms with van der Waals surface area (Å²) in [6.45, 7) is 0. The van der Waals surface area contributed by atoms with Gasteiger partial charge in [-0.3, -0.25) is 9.69 Å². The fraction of sp³-hybridized carbons (Fsp3) is 0.375. The highest BCUT2D eigenvalue weighted by atomic mass is 16.1. The fourth-order valence-electron chi connectivity index (χ4n) is 1.04. The molecule has 0 saturated carbocycles. The van der Waals surface area contributed by atoms with E-state index in [2.05, 4.69) is 0 Å². The van der Waals surface area contributed by atoms with E-state index in [-0.39, 0.29) is 6.17 Å². The van der Waals surface area contributed by atoms with E-state index < -0.39 is 0 Å². The predicted octanol–water partition coefficient (Wildman–Crippen LogP) is 0.416. The van der Waals surface area contributed by atoms with Gasteiger partial charge in [-0.1, -0.05) is 6.08 Å². The zero-order valence-electron chi connectivity index (χ0n) is 6.77. The van der Waals surface area contributed by atoms with Gasteiger partial charge in [0, 0.05) is 6.20 Å². The first-order chi connectivity index (χ1) is 5.25. The summed E-state index contributed by atoms with van der Waals surface area (Å²) in [5, 5.41) is 0. The smallest absolute Gasteiger partial charge is 0.215 e. The number of hydrogen-bond acceptors (Lipinski definition) is 2. The third-order valence-corrected chi connectivity index (χ3v) is 1.61. The first kappa shape index (κ1) is 8.01. The Labute approximate surface area is 66.6 Å². The van der Waals surface area contributed by atoms with Crippen molar-refractivity contribution in [1.82, 2.24) is 9.80 Å². The van der Waals surface area contributed by atoms with Crippen LogP contribution in [0.4, 0.5) is 0 Å². The molecule has 0 saturated heterocycles. The molecule has 11 heavy (non-hydrogen) atoms. The first-order valence-electron chi connectivity index (χ1n) is 3.50. The van der Waals surface area contributed by atoms with E-state index in [0.717, 1.165) is 6.41 Å². The zero-order valence-corrected chi connectivity index (χ0v) is 6.77. The van der Waals surface area contributed by atoms with Crippen LogP contribution in [-0.4, -0.2) is 36.5 Å². The molecule has 3 nitrogen and oxygen atoms in total. The summed E-state index contributed by atoms with van der Waals surface area (Å²) in [4.78, 5) is 14.1. The van der Waals surface area contributed by atoms with E-state index in [9.17, 15) is 4.79 Å². The highest BCUT2D eigenvalue weighted by Crippen LogP contribution is 2.07. The van der Waals surface area contributed by atoms with Crippen molar-refractivity contribution < 1.29 is 4.79 Å². The van der Waals surface area contributed by atoms with Gasteiger partial charge in [-0.05, 0) is 26.2 Å². The van der Waals surface area contributed by atoms with Crippen LogP contribution < -0.4 is 0 Å². The molecule has 1 amide bonds. The number of nitrogens with zero attached hydrogens (tertiary/aromatic N) is 2. The van der Waals surface area contributed by atoms with E-state index in [1.165, 1.54) is 0 Å². The zero-order chi connectivity index (χ0) is 8.27. The summed E-state index contributed by atoms with van der Waals surface area (Å²) in [5.41, 5.74) is 0. The standard InChI is InChI=1S/C8H12N2O/c1-9(2)8-5-3-4-6-10(8)7-11/h3-8H,1-2H3. The van der Waals surface area contributed by atoms with Crippen molar-refractivity contribution in [3.63, 3.8) is 0 Å². The lowest BCUT2D eigenvalue weighted by atomic mass is 10.3. The Hall–Kier alpha value is -1.09. The number of rotatable bonds is 2. The number of carbonyl (C=O) groups excluding carboxylic acids is 1. The molecule has 3 heteroatoms. The maximum absolute atomic E-state index is 10.5. The molecule has 1 atom stereocenters. The molecule has 0 radical (unpaired) electrons. The van der Waals surface area contributed by atoms with Crippen LogP contribution in [0.15, 0.2) is 24.4 Å². The topological polar surface area (TPSA) is 23.6 Å². The molecule has 0 aromatic carbocycles. The van der Waals surface area contributed by atoms with Gasteiger partial charge in [0.1, 0.15) is 6.17 Å². The van der Waals surface area contributed by atoms with Crippen molar-refractivity contribution >= 4 is 6.41 Å². The summed E-state index contributed by atoms with van der Waals surface area (Å²) in [6.07, 6.45) is 8.40. The summed E-state index contributed by atoms with van der Waals surface area (Å²) in [7, 11) is 3.87. The Morgan fingerprint density at radius 2 is 2.18 bits per heavy atom. The van der Waals surface area contributed by atoms with Crippen molar-refractivity contribution in [2.24, 2.45) is 0 Å². The van der Waals surface area contributed by atoms with Crippen LogP contribution in [0.25, 0.3) is 0 Å². The van der Waals surface area contributed by atoms with Crippen molar-refractivity contribution in [1.29, 1.82) is 0 Å². The van der Waals surface area contributed by atoms with Gasteiger partial charge in [0.25, 0.3) is 0 Å². The minimum Gasteiger partial charge on any atom is -0.302 e. The second-order valence-electron chi connectivity index (χ2n) is 2.66. The van der Waals surface area contributed by atoms with Crippen LogP contribution in [-0.2, 0) is 4.79 Å². The maximum Gasteiger partial charge on any atom is 0.215 e. The Balaban J connectivity index is 2.70. The van der Waals surface area contributed by atoms with Gasteiger partial charge in [0.15, 0.2) is 0 Å². The number of allylic oxidation sites excluding steroid dienone is 2. The van der Waals surface area contributed by atoms with Crippen molar-refractivity contribution in [2.45, 2.75) is 6.17 Å². The Morgan fingerprint density at radius 1 is 1.45 bits per heavy atom. The maximum atomic E-state index is 10.5. The van der Waals surface area contributed by atoms with Crippen molar-refractivity contribution in [3.05, 3.63) is 24.4 Å². The van der Waals surface area contributed by atoms with Crippen LogP contribution in [0, 0.1) is 0 Å². The quantitative estimate of drug-likeness (QED) is 0.535. The fourth-order valence-corrected chi connectivity index (χ4v) is 1.04. The molecular weight excluding hydrogens is 140 g/mol. The van der Waals surface area contributed by atoms with Gasteiger partial charge in [0.05, 0.1) is 0 Å². The SMILES string of the molecule is CN(C)C1C=CC=CN1C=O. The van der Waals surface area contributed by atoms with Crippen molar-refractivity contribution in [3.8, 4) is 0 Å². The van der Waals surface area contributed by atoms with Gasteiger partial charge in [-0.2, -0.15) is 0 Å². The molecule has 0 spiro atoms. The summed E-state index contributed by atoms with van der Waals surface area (Å²) < 4.78 is 0. The first-order valence-corrected chi connectivity index (χ1v) is 3.50. The molecule has 0 N–H and O–H groups in total. The van der Waals surface area contributed by atoms with E-state index in [1.54, 1.807) is 11.1 Å². The third-order valence-electron chi connectivity index (χ3n) is 1.61. The molecule has 0 aliphatic carbocycles. The molecule has 1 rings (SSSR count). The van der Waals surface area contributed by atoms with E-state index in [0.29, 0.717) is 0 Å². The van der Waals surface area contributed by atoms with Gasteiger partial charge in [0.2, 0.25) is 6.41 Å². The van der Waals surface area contributed by atoms with Gasteiger partial charge < -0.3 is 4.90 Å². The molecule has 0 aromatic rings. The predicted molar refractivity (Wildman–Crippen MR) is 43.7 cm³/mol. The normalized spacial score (nSPS) is 22.8. The molecule has 1 heterocycles. The Morgan fingerprint density at radius 3 is 2.64 bits per heavy atom. The molecule has 60 valence electrons. The van der Waals surface area contributed by atoms with Gasteiger partial charge in [-0.25, -0.2) is 0 Å². The minimum absolute atomic E-state index is 0.0671. The van der Waals surface area contributed by atoms with Crippen LogP contribution in [0.3, 0.4) is 0 Å². The van der Waals surface area contributed by atoms with E-state index >= 15 is 0 Å². The average Bonchev–Trinajstić information content (AvgIpc) is 2.04. The molecule has 1 aliphatic rings. The molecule has 1 aliphatic heterocycles. The number of carbonyl (C=O) groups is 1. The number of hydrogen-bond donors (Lipinski definition) is 0. The van der Waals surface area contributed by atoms with Gasteiger partial charge >= 0.3 is 0 Å². The van der Waals surface area contributed by atoms with Crippen LogP contribution in [0.2, 0.25) is 0 Å². The molecule has 1 unspecified atom stereocenters. The lowest BCUT2D eigenvalue weighted by Gasteiger charge is -2.29. The highest BCUT2D eigenvalue weighted by molar-refractivity contribution is 5.51. The minimum atomic E-state index is 0.0671. The largest absolute Gasteiger partial charge is 0.302 e. The molecule has 0 aromatic heterocycles. The number of amides is 1. The molecule has 0 bridgehead atoms. The van der Waals surface area contributed by atoms with Crippen LogP contribution in [0.5, 0.6) is 0 Å². The van der Waals surface area contributed by atoms with Crippen molar-refractivity contribution in [2.75, 3.05) is 14.1 Å². The van der Waals surface area contributed by atoms with E-state index in [4.69, 9.17) is 0 Å². The summed E-state index contributed by atoms with van der Waals surface area (Å²) in [6, 6.07) is 0.